The van der Waals surface area contributed by atoms with Crippen LogP contribution in [0.5, 0.6) is 0 Å². The summed E-state index contributed by atoms with van der Waals surface area (Å²) in [4.78, 5) is 34.1. The molecule has 5 N–H and O–H groups in total. The van der Waals surface area contributed by atoms with Crippen molar-refractivity contribution in [3.05, 3.63) is 92.2 Å². The topological polar surface area (TPSA) is 147 Å². The summed E-state index contributed by atoms with van der Waals surface area (Å²) in [5, 5.41) is 10.1. The minimum atomic E-state index is -1.64. The summed E-state index contributed by atoms with van der Waals surface area (Å²) < 4.78 is 35.3. The number of hydrogen-bond donors (Lipinski definition) is 4. The van der Waals surface area contributed by atoms with Crippen LogP contribution in [0.25, 0.3) is 11.3 Å². The molecule has 43 heavy (non-hydrogen) atoms. The number of rotatable bonds is 10. The largest absolute Gasteiger partial charge is 0.515 e. The van der Waals surface area contributed by atoms with E-state index >= 15 is 0 Å². The van der Waals surface area contributed by atoms with E-state index in [2.05, 4.69) is 14.4 Å². The number of halogens is 1. The van der Waals surface area contributed by atoms with Crippen LogP contribution in [0, 0.1) is 12.7 Å². The van der Waals surface area contributed by atoms with Crippen LogP contribution in [0.4, 0.5) is 15.8 Å². The van der Waals surface area contributed by atoms with E-state index in [1.807, 2.05) is 13.8 Å². The molecule has 11 nitrogen and oxygen atoms in total. The van der Waals surface area contributed by atoms with Crippen LogP contribution >= 0.6 is 0 Å². The van der Waals surface area contributed by atoms with Gasteiger partial charge in [0.05, 0.1) is 17.6 Å². The minimum absolute atomic E-state index is 0.0182. The van der Waals surface area contributed by atoms with Crippen molar-refractivity contribution in [3.8, 4) is 5.69 Å². The van der Waals surface area contributed by atoms with Crippen LogP contribution in [0.3, 0.4) is 0 Å². The summed E-state index contributed by atoms with van der Waals surface area (Å²) in [6, 6.07) is 10.9. The molecule has 2 aromatic carbocycles. The van der Waals surface area contributed by atoms with Crippen molar-refractivity contribution in [2.24, 2.45) is 10.7 Å². The van der Waals surface area contributed by atoms with Crippen LogP contribution in [0.1, 0.15) is 56.5 Å². The number of hydrogen-bond acceptors (Lipinski definition) is 6. The number of benzene rings is 2. The second-order valence-electron chi connectivity index (χ2n) is 9.95. The molecule has 1 saturated carbocycles. The van der Waals surface area contributed by atoms with Crippen LogP contribution in [-0.2, 0) is 11.2 Å². The average Bonchev–Trinajstić information content (AvgIpc) is 3.82. The monoisotopic (exact) mass is 613 g/mol. The van der Waals surface area contributed by atoms with Gasteiger partial charge in [-0.05, 0) is 62.6 Å². The molecule has 4 rings (SSSR count). The zero-order valence-electron chi connectivity index (χ0n) is 25.3. The first-order chi connectivity index (χ1) is 20.6. The lowest BCUT2D eigenvalue weighted by molar-refractivity contribution is 0.474. The number of allylic oxidation sites excluding steroid dienone is 1. The fourth-order valence-corrected chi connectivity index (χ4v) is 5.07. The summed E-state index contributed by atoms with van der Waals surface area (Å²) in [5.74, 6) is -0.454. The molecule has 0 aliphatic heterocycles. The molecule has 1 fully saturated rings. The number of aliphatic imine (C=N–C) groups is 1. The fourth-order valence-electron chi connectivity index (χ4n) is 4.35. The smallest absolute Gasteiger partial charge is 0.336 e. The maximum Gasteiger partial charge on any atom is 0.336 e. The number of nitrogens with zero attached hydrogens (tertiary/aromatic N) is 4. The number of aliphatic hydroxyl groups is 1. The van der Waals surface area contributed by atoms with Crippen LogP contribution < -0.4 is 26.4 Å². The Bertz CT molecular complexity index is 1660. The summed E-state index contributed by atoms with van der Waals surface area (Å²) in [5.41, 5.74) is 6.13. The minimum Gasteiger partial charge on any atom is -0.515 e. The van der Waals surface area contributed by atoms with Crippen LogP contribution in [0.15, 0.2) is 63.3 Å². The van der Waals surface area contributed by atoms with Gasteiger partial charge in [-0.15, -0.1) is 0 Å². The van der Waals surface area contributed by atoms with E-state index in [4.69, 9.17) is 5.73 Å². The van der Waals surface area contributed by atoms with Crippen molar-refractivity contribution in [3.63, 3.8) is 0 Å². The first-order valence-corrected chi connectivity index (χ1v) is 15.2. The third-order valence-electron chi connectivity index (χ3n) is 6.44. The van der Waals surface area contributed by atoms with Crippen molar-refractivity contribution in [2.75, 3.05) is 31.9 Å². The first-order valence-electron chi connectivity index (χ1n) is 14.0. The highest BCUT2D eigenvalue weighted by molar-refractivity contribution is 7.84. The van der Waals surface area contributed by atoms with Gasteiger partial charge in [0.25, 0.3) is 5.56 Å². The van der Waals surface area contributed by atoms with Gasteiger partial charge in [-0.25, -0.2) is 23.1 Å². The Kier molecular flexibility index (Phi) is 11.6. The zero-order chi connectivity index (χ0) is 31.8. The molecule has 1 heterocycles. The summed E-state index contributed by atoms with van der Waals surface area (Å²) in [6.45, 7) is 7.94. The number of aryl methyl sites for hydroxylation is 1. The molecule has 0 saturated heterocycles. The molecule has 0 spiro atoms. The highest BCUT2D eigenvalue weighted by Crippen LogP contribution is 2.33. The lowest BCUT2D eigenvalue weighted by Gasteiger charge is -2.24. The van der Waals surface area contributed by atoms with Crippen molar-refractivity contribution < 1.29 is 13.7 Å². The Balaban J connectivity index is 0.00000248. The third-order valence-corrected chi connectivity index (χ3v) is 7.33. The molecule has 1 aliphatic carbocycles. The highest BCUT2D eigenvalue weighted by atomic mass is 32.2. The standard InChI is InChI=1S/C28H34FN7O4S.C2H6/c1-17-8-11-23(22(29)14-17)32-26(34(3)4)24-25(18(2)16-37)35(28(39)36(27(24)38)20-9-10-20)21-7-5-6-19(15-21)33-41(40)31-13-12-30;1-2/h5-8,11,14-16,20,31,33,37H,9-10,12-13,30H2,1-4H3;1-2H3/b18-16+,32-26?;. The summed E-state index contributed by atoms with van der Waals surface area (Å²) in [7, 11) is 3.33. The lowest BCUT2D eigenvalue weighted by Crippen LogP contribution is -2.45. The van der Waals surface area contributed by atoms with E-state index < -0.39 is 28.2 Å². The molecule has 13 heteroatoms. The molecule has 1 unspecified atom stereocenters. The molecule has 3 aromatic rings. The number of amidine groups is 1. The van der Waals surface area contributed by atoms with Crippen LogP contribution in [-0.4, -0.2) is 56.4 Å². The predicted octanol–water partition coefficient (Wildman–Crippen LogP) is 3.91. The van der Waals surface area contributed by atoms with E-state index in [0.717, 1.165) is 6.26 Å². The van der Waals surface area contributed by atoms with Gasteiger partial charge in [0.15, 0.2) is 11.2 Å². The van der Waals surface area contributed by atoms with Crippen molar-refractivity contribution >= 4 is 34.0 Å². The number of anilines is 1. The van der Waals surface area contributed by atoms with Crippen molar-refractivity contribution in [1.82, 2.24) is 18.8 Å². The molecular formula is C30H40FN7O4S. The maximum absolute atomic E-state index is 14.9. The maximum atomic E-state index is 14.9. The first kappa shape index (κ1) is 33.4. The van der Waals surface area contributed by atoms with Gasteiger partial charge in [-0.3, -0.25) is 18.7 Å². The second-order valence-corrected chi connectivity index (χ2v) is 11.0. The fraction of sp³-hybridized carbons (Fsp3) is 0.367. The SMILES string of the molecule is C/C(=C\O)c1c(C(=Nc2ccc(C)cc2F)N(C)C)c(=O)n(C2CC2)c(=O)n1-c1cccc(NS(=O)NCCN)c1.CC. The van der Waals surface area contributed by atoms with Gasteiger partial charge < -0.3 is 15.7 Å². The van der Waals surface area contributed by atoms with Crippen molar-refractivity contribution in [2.45, 2.75) is 46.6 Å². The number of aliphatic hydroxyl groups excluding tert-OH is 1. The van der Waals surface area contributed by atoms with E-state index in [1.54, 1.807) is 63.2 Å². The predicted molar refractivity (Wildman–Crippen MR) is 172 cm³/mol. The summed E-state index contributed by atoms with van der Waals surface area (Å²) >= 11 is -1.64. The van der Waals surface area contributed by atoms with Gasteiger partial charge >= 0.3 is 5.69 Å². The van der Waals surface area contributed by atoms with Gasteiger partial charge in [0.1, 0.15) is 22.9 Å². The van der Waals surface area contributed by atoms with E-state index in [9.17, 15) is 23.3 Å². The molecule has 232 valence electrons. The number of nitrogens with two attached hydrogens (primary N) is 1. The summed E-state index contributed by atoms with van der Waals surface area (Å²) in [6.07, 6.45) is 2.11. The van der Waals surface area contributed by atoms with Crippen LogP contribution in [0.2, 0.25) is 0 Å². The Hall–Kier alpha value is -4.07. The average molecular weight is 614 g/mol. The molecule has 1 aliphatic rings. The molecule has 0 amide bonds. The van der Waals surface area contributed by atoms with Gasteiger partial charge in [0, 0.05) is 44.5 Å². The Morgan fingerprint density at radius 2 is 1.91 bits per heavy atom. The molecule has 1 aromatic heterocycles. The van der Waals surface area contributed by atoms with Crippen molar-refractivity contribution in [1.29, 1.82) is 0 Å². The molecule has 1 atom stereocenters. The van der Waals surface area contributed by atoms with Gasteiger partial charge in [-0.1, -0.05) is 26.0 Å². The Labute approximate surface area is 253 Å². The molecule has 0 bridgehead atoms. The Morgan fingerprint density at radius 3 is 2.49 bits per heavy atom. The quantitative estimate of drug-likeness (QED) is 0.155. The van der Waals surface area contributed by atoms with Gasteiger partial charge in [-0.2, -0.15) is 0 Å². The highest BCUT2D eigenvalue weighted by Gasteiger charge is 2.33. The second kappa shape index (κ2) is 14.9. The number of nitrogens with one attached hydrogen (secondary N) is 2. The Morgan fingerprint density at radius 1 is 1.21 bits per heavy atom. The lowest BCUT2D eigenvalue weighted by atomic mass is 10.1. The number of aromatic nitrogens is 2. The normalized spacial score (nSPS) is 14.1. The van der Waals surface area contributed by atoms with E-state index in [-0.39, 0.29) is 34.4 Å². The molecule has 0 radical (unpaired) electrons. The zero-order valence-corrected chi connectivity index (χ0v) is 26.2. The van der Waals surface area contributed by atoms with E-state index in [1.165, 1.54) is 21.3 Å². The third kappa shape index (κ3) is 7.66. The van der Waals surface area contributed by atoms with Gasteiger partial charge in [0.2, 0.25) is 0 Å². The van der Waals surface area contributed by atoms with E-state index in [0.29, 0.717) is 42.9 Å². The molecular weight excluding hydrogens is 573 g/mol.